The Morgan fingerprint density at radius 2 is 1.78 bits per heavy atom. The van der Waals surface area contributed by atoms with Crippen molar-refractivity contribution in [1.82, 2.24) is 9.88 Å². The summed E-state index contributed by atoms with van der Waals surface area (Å²) in [5.41, 5.74) is 1.85. The standard InChI is InChI=1S/C21H19F2N3O/c22-14-5-4-6-16(11-14)25-20-17-12-15(23)7-8-19(17)24-13-18(20)21(27)26-9-2-1-3-10-26/h4-8,11-13H,1-3,9-10H2,(H,24,25). The molecule has 2 heterocycles. The number of fused-ring (bicyclic) bond motifs is 1. The van der Waals surface area contributed by atoms with Crippen molar-refractivity contribution in [3.8, 4) is 0 Å². The van der Waals surface area contributed by atoms with Gasteiger partial charge in [-0.2, -0.15) is 0 Å². The third-order valence-corrected chi connectivity index (χ3v) is 4.80. The molecule has 0 atom stereocenters. The molecular formula is C21H19F2N3O. The zero-order valence-electron chi connectivity index (χ0n) is 14.7. The lowest BCUT2D eigenvalue weighted by molar-refractivity contribution is 0.0725. The summed E-state index contributed by atoms with van der Waals surface area (Å²) in [6.45, 7) is 1.39. The highest BCUT2D eigenvalue weighted by atomic mass is 19.1. The molecule has 4 rings (SSSR count). The highest BCUT2D eigenvalue weighted by Gasteiger charge is 2.23. The number of amides is 1. The Balaban J connectivity index is 1.83. The number of halogens is 2. The molecule has 1 saturated heterocycles. The van der Waals surface area contributed by atoms with Gasteiger partial charge in [-0.15, -0.1) is 0 Å². The molecule has 3 aromatic rings. The summed E-state index contributed by atoms with van der Waals surface area (Å²) in [5, 5.41) is 3.60. The van der Waals surface area contributed by atoms with Crippen LogP contribution in [0.1, 0.15) is 29.6 Å². The second-order valence-electron chi connectivity index (χ2n) is 6.70. The average molecular weight is 367 g/mol. The Morgan fingerprint density at radius 1 is 1.00 bits per heavy atom. The lowest BCUT2D eigenvalue weighted by Crippen LogP contribution is -2.36. The van der Waals surface area contributed by atoms with Crippen molar-refractivity contribution in [2.45, 2.75) is 19.3 Å². The van der Waals surface area contributed by atoms with Gasteiger partial charge in [0, 0.05) is 30.4 Å². The third-order valence-electron chi connectivity index (χ3n) is 4.80. The molecule has 1 aliphatic heterocycles. The van der Waals surface area contributed by atoms with Crippen LogP contribution in [0.4, 0.5) is 20.2 Å². The number of likely N-dealkylation sites (tertiary alicyclic amines) is 1. The van der Waals surface area contributed by atoms with Gasteiger partial charge in [-0.25, -0.2) is 8.78 Å². The Bertz CT molecular complexity index is 1000. The highest BCUT2D eigenvalue weighted by molar-refractivity contribution is 6.08. The SMILES string of the molecule is O=C(c1cnc2ccc(F)cc2c1Nc1cccc(F)c1)N1CCCCC1. The molecule has 138 valence electrons. The van der Waals surface area contributed by atoms with E-state index in [1.807, 2.05) is 0 Å². The van der Waals surface area contributed by atoms with Crippen LogP contribution in [0.3, 0.4) is 0 Å². The van der Waals surface area contributed by atoms with E-state index in [1.165, 1.54) is 30.5 Å². The van der Waals surface area contributed by atoms with Crippen LogP contribution in [0.5, 0.6) is 0 Å². The Kier molecular flexibility index (Phi) is 4.71. The summed E-state index contributed by atoms with van der Waals surface area (Å²) in [6, 6.07) is 10.2. The summed E-state index contributed by atoms with van der Waals surface area (Å²) in [6.07, 6.45) is 4.56. The first-order valence-corrected chi connectivity index (χ1v) is 9.02. The van der Waals surface area contributed by atoms with Crippen molar-refractivity contribution < 1.29 is 13.6 Å². The second kappa shape index (κ2) is 7.31. The minimum atomic E-state index is -0.422. The van der Waals surface area contributed by atoms with E-state index in [1.54, 1.807) is 23.1 Å². The molecule has 0 unspecified atom stereocenters. The van der Waals surface area contributed by atoms with Crippen molar-refractivity contribution in [3.63, 3.8) is 0 Å². The van der Waals surface area contributed by atoms with E-state index in [9.17, 15) is 13.6 Å². The van der Waals surface area contributed by atoms with E-state index < -0.39 is 11.6 Å². The molecule has 0 aliphatic carbocycles. The molecule has 1 amide bonds. The van der Waals surface area contributed by atoms with Gasteiger partial charge in [0.2, 0.25) is 0 Å². The number of hydrogen-bond donors (Lipinski definition) is 1. The van der Waals surface area contributed by atoms with Crippen LogP contribution in [0.25, 0.3) is 10.9 Å². The molecule has 27 heavy (non-hydrogen) atoms. The predicted molar refractivity (Wildman–Crippen MR) is 101 cm³/mol. The van der Waals surface area contributed by atoms with Gasteiger partial charge in [-0.3, -0.25) is 9.78 Å². The number of piperidine rings is 1. The summed E-state index contributed by atoms with van der Waals surface area (Å²) in [7, 11) is 0. The summed E-state index contributed by atoms with van der Waals surface area (Å²) in [5.74, 6) is -0.963. The maximum atomic E-state index is 13.9. The van der Waals surface area contributed by atoms with Crippen molar-refractivity contribution in [2.24, 2.45) is 0 Å². The molecule has 0 radical (unpaired) electrons. The van der Waals surface area contributed by atoms with E-state index in [2.05, 4.69) is 10.3 Å². The van der Waals surface area contributed by atoms with Gasteiger partial charge in [0.15, 0.2) is 0 Å². The van der Waals surface area contributed by atoms with Crippen LogP contribution >= 0.6 is 0 Å². The van der Waals surface area contributed by atoms with Gasteiger partial charge in [0.05, 0.1) is 16.8 Å². The van der Waals surface area contributed by atoms with Crippen molar-refractivity contribution in [1.29, 1.82) is 0 Å². The predicted octanol–water partition coefficient (Wildman–Crippen LogP) is 4.88. The quantitative estimate of drug-likeness (QED) is 0.717. The van der Waals surface area contributed by atoms with E-state index in [4.69, 9.17) is 0 Å². The molecule has 1 aliphatic rings. The first-order chi connectivity index (χ1) is 13.1. The average Bonchev–Trinajstić information content (AvgIpc) is 2.68. The molecule has 1 aromatic heterocycles. The minimum absolute atomic E-state index is 0.146. The fourth-order valence-corrected chi connectivity index (χ4v) is 3.44. The number of anilines is 2. The van der Waals surface area contributed by atoms with Gasteiger partial charge in [-0.05, 0) is 55.7 Å². The Hall–Kier alpha value is -3.02. The van der Waals surface area contributed by atoms with Gasteiger partial charge < -0.3 is 10.2 Å². The van der Waals surface area contributed by atoms with Crippen molar-refractivity contribution in [2.75, 3.05) is 18.4 Å². The van der Waals surface area contributed by atoms with Crippen LogP contribution in [0.2, 0.25) is 0 Å². The van der Waals surface area contributed by atoms with Crippen LogP contribution < -0.4 is 5.32 Å². The van der Waals surface area contributed by atoms with Crippen molar-refractivity contribution >= 4 is 28.2 Å². The van der Waals surface area contributed by atoms with Gasteiger partial charge in [0.1, 0.15) is 11.6 Å². The number of nitrogens with zero attached hydrogens (tertiary/aromatic N) is 2. The van der Waals surface area contributed by atoms with E-state index in [-0.39, 0.29) is 5.91 Å². The highest BCUT2D eigenvalue weighted by Crippen LogP contribution is 2.31. The Morgan fingerprint density at radius 3 is 2.56 bits per heavy atom. The molecule has 2 aromatic carbocycles. The first kappa shape index (κ1) is 17.4. The monoisotopic (exact) mass is 367 g/mol. The minimum Gasteiger partial charge on any atom is -0.354 e. The third kappa shape index (κ3) is 3.60. The number of rotatable bonds is 3. The molecule has 6 heteroatoms. The lowest BCUT2D eigenvalue weighted by Gasteiger charge is -2.27. The molecular weight excluding hydrogens is 348 g/mol. The maximum absolute atomic E-state index is 13.9. The first-order valence-electron chi connectivity index (χ1n) is 9.02. The summed E-state index contributed by atoms with van der Waals surface area (Å²) >= 11 is 0. The van der Waals surface area contributed by atoms with Gasteiger partial charge in [-0.1, -0.05) is 6.07 Å². The van der Waals surface area contributed by atoms with Gasteiger partial charge >= 0.3 is 0 Å². The molecule has 0 spiro atoms. The van der Waals surface area contributed by atoms with E-state index in [0.29, 0.717) is 40.9 Å². The number of aromatic nitrogens is 1. The van der Waals surface area contributed by atoms with E-state index in [0.717, 1.165) is 19.3 Å². The smallest absolute Gasteiger partial charge is 0.257 e. The maximum Gasteiger partial charge on any atom is 0.257 e. The second-order valence-corrected chi connectivity index (χ2v) is 6.70. The number of hydrogen-bond acceptors (Lipinski definition) is 3. The largest absolute Gasteiger partial charge is 0.354 e. The lowest BCUT2D eigenvalue weighted by atomic mass is 10.1. The van der Waals surface area contributed by atoms with Crippen LogP contribution in [0, 0.1) is 11.6 Å². The number of carbonyl (C=O) groups is 1. The zero-order valence-corrected chi connectivity index (χ0v) is 14.7. The van der Waals surface area contributed by atoms with Gasteiger partial charge in [0.25, 0.3) is 5.91 Å². The van der Waals surface area contributed by atoms with Crippen LogP contribution in [-0.2, 0) is 0 Å². The summed E-state index contributed by atoms with van der Waals surface area (Å²) < 4.78 is 27.5. The molecule has 1 fully saturated rings. The van der Waals surface area contributed by atoms with E-state index >= 15 is 0 Å². The molecule has 1 N–H and O–H groups in total. The van der Waals surface area contributed by atoms with Crippen LogP contribution in [0.15, 0.2) is 48.7 Å². The number of pyridine rings is 1. The fourth-order valence-electron chi connectivity index (χ4n) is 3.44. The normalized spacial score (nSPS) is 14.4. The number of nitrogens with one attached hydrogen (secondary N) is 1. The number of benzene rings is 2. The van der Waals surface area contributed by atoms with Crippen molar-refractivity contribution in [3.05, 3.63) is 65.9 Å². The topological polar surface area (TPSA) is 45.2 Å². The molecule has 0 bridgehead atoms. The summed E-state index contributed by atoms with van der Waals surface area (Å²) in [4.78, 5) is 19.2. The van der Waals surface area contributed by atoms with Crippen LogP contribution in [-0.4, -0.2) is 28.9 Å². The fraction of sp³-hybridized carbons (Fsp3) is 0.238. The zero-order chi connectivity index (χ0) is 18.8. The number of carbonyl (C=O) groups excluding carboxylic acids is 1. The molecule has 0 saturated carbocycles. The molecule has 4 nitrogen and oxygen atoms in total. The Labute approximate surface area is 155 Å².